The molecule has 10 heteroatoms. The molecular weight excluding hydrogens is 451 g/mol. The number of piperazine rings is 1. The molecule has 2 heterocycles. The lowest BCUT2D eigenvalue weighted by Crippen LogP contribution is -2.50. The van der Waals surface area contributed by atoms with Crippen LogP contribution in [0.15, 0.2) is 36.9 Å². The van der Waals surface area contributed by atoms with Gasteiger partial charge in [-0.1, -0.05) is 24.2 Å². The van der Waals surface area contributed by atoms with Crippen LogP contribution in [0, 0.1) is 11.2 Å². The molecule has 0 unspecified atom stereocenters. The Balaban J connectivity index is 1.76. The van der Waals surface area contributed by atoms with Gasteiger partial charge in [0.2, 0.25) is 5.91 Å². The van der Waals surface area contributed by atoms with E-state index in [0.29, 0.717) is 37.4 Å². The highest BCUT2D eigenvalue weighted by Crippen LogP contribution is 2.49. The number of anilines is 1. The standard InChI is InChI=1S/C23H24ClFN4O4/c1-2-18(32)28-6-8-29(9-7-28)23(26)14-10-15(24)19(20-16(25)4-3-5-17(20)31)22-21(14)27-13(11-30)12-33-22/h2-5,10,13,26-27,30-31H,1,6-9,11-12H2/t13-/m0/s1. The average molecular weight is 475 g/mol. The molecule has 2 aromatic rings. The number of halogens is 2. The van der Waals surface area contributed by atoms with Crippen LogP contribution < -0.4 is 10.1 Å². The third-order valence-electron chi connectivity index (χ3n) is 5.81. The van der Waals surface area contributed by atoms with Gasteiger partial charge in [-0.25, -0.2) is 4.39 Å². The van der Waals surface area contributed by atoms with Crippen molar-refractivity contribution >= 4 is 29.0 Å². The number of carbonyl (C=O) groups is 1. The van der Waals surface area contributed by atoms with E-state index >= 15 is 0 Å². The van der Waals surface area contributed by atoms with Gasteiger partial charge in [-0.15, -0.1) is 0 Å². The van der Waals surface area contributed by atoms with Crippen molar-refractivity contribution in [2.45, 2.75) is 6.04 Å². The summed E-state index contributed by atoms with van der Waals surface area (Å²) in [6.07, 6.45) is 1.27. The van der Waals surface area contributed by atoms with Crippen LogP contribution in [0.5, 0.6) is 11.5 Å². The number of amides is 1. The maximum Gasteiger partial charge on any atom is 0.246 e. The highest BCUT2D eigenvalue weighted by atomic mass is 35.5. The monoisotopic (exact) mass is 474 g/mol. The first-order valence-electron chi connectivity index (χ1n) is 10.5. The van der Waals surface area contributed by atoms with E-state index in [-0.39, 0.29) is 52.6 Å². The number of aliphatic hydroxyl groups is 1. The summed E-state index contributed by atoms with van der Waals surface area (Å²) in [5, 5.41) is 32.1. The summed E-state index contributed by atoms with van der Waals surface area (Å²) in [5.41, 5.74) is 0.870. The smallest absolute Gasteiger partial charge is 0.246 e. The number of aliphatic hydroxyl groups excluding tert-OH is 1. The van der Waals surface area contributed by atoms with Crippen molar-refractivity contribution in [2.75, 3.05) is 44.7 Å². The van der Waals surface area contributed by atoms with E-state index in [1.54, 1.807) is 4.90 Å². The first-order valence-corrected chi connectivity index (χ1v) is 10.8. The minimum Gasteiger partial charge on any atom is -0.507 e. The summed E-state index contributed by atoms with van der Waals surface area (Å²) in [6, 6.07) is 5.05. The van der Waals surface area contributed by atoms with Crippen molar-refractivity contribution in [1.29, 1.82) is 5.41 Å². The Morgan fingerprint density at radius 2 is 2.00 bits per heavy atom. The van der Waals surface area contributed by atoms with E-state index in [1.807, 2.05) is 4.90 Å². The molecule has 33 heavy (non-hydrogen) atoms. The van der Waals surface area contributed by atoms with Crippen LogP contribution in [0.2, 0.25) is 5.02 Å². The van der Waals surface area contributed by atoms with Crippen LogP contribution in [0.1, 0.15) is 5.56 Å². The molecule has 4 N–H and O–H groups in total. The fraction of sp³-hybridized carbons (Fsp3) is 0.304. The number of fused-ring (bicyclic) bond motifs is 1. The molecule has 4 rings (SSSR count). The van der Waals surface area contributed by atoms with Crippen LogP contribution in [0.4, 0.5) is 10.1 Å². The Morgan fingerprint density at radius 3 is 2.64 bits per heavy atom. The number of hydrogen-bond donors (Lipinski definition) is 4. The van der Waals surface area contributed by atoms with E-state index in [4.69, 9.17) is 21.7 Å². The molecule has 0 bridgehead atoms. The number of amidine groups is 1. The molecule has 0 saturated carbocycles. The first kappa shape index (κ1) is 22.9. The Labute approximate surface area is 195 Å². The summed E-state index contributed by atoms with van der Waals surface area (Å²) < 4.78 is 20.6. The van der Waals surface area contributed by atoms with E-state index in [1.165, 1.54) is 30.3 Å². The fourth-order valence-corrected chi connectivity index (χ4v) is 4.36. The second-order valence-corrected chi connectivity index (χ2v) is 8.23. The summed E-state index contributed by atoms with van der Waals surface area (Å²) >= 11 is 6.57. The van der Waals surface area contributed by atoms with Gasteiger partial charge in [0.15, 0.2) is 5.75 Å². The molecule has 2 aliphatic rings. The van der Waals surface area contributed by atoms with Crippen molar-refractivity contribution in [3.05, 3.63) is 53.3 Å². The van der Waals surface area contributed by atoms with Crippen molar-refractivity contribution < 1.29 is 24.1 Å². The second kappa shape index (κ2) is 9.29. The number of nitrogens with one attached hydrogen (secondary N) is 2. The average Bonchev–Trinajstić information content (AvgIpc) is 2.83. The quantitative estimate of drug-likeness (QED) is 0.308. The number of nitrogens with zero attached hydrogens (tertiary/aromatic N) is 2. The summed E-state index contributed by atoms with van der Waals surface area (Å²) in [4.78, 5) is 15.3. The fourth-order valence-electron chi connectivity index (χ4n) is 4.07. The third-order valence-corrected chi connectivity index (χ3v) is 6.11. The molecule has 2 aliphatic heterocycles. The van der Waals surface area contributed by atoms with E-state index < -0.39 is 11.9 Å². The van der Waals surface area contributed by atoms with Gasteiger partial charge in [-0.05, 0) is 24.3 Å². The topological polar surface area (TPSA) is 109 Å². The lowest BCUT2D eigenvalue weighted by atomic mass is 9.96. The first-order chi connectivity index (χ1) is 15.8. The number of rotatable bonds is 4. The maximum atomic E-state index is 14.7. The van der Waals surface area contributed by atoms with Gasteiger partial charge in [0.05, 0.1) is 34.5 Å². The van der Waals surface area contributed by atoms with Crippen molar-refractivity contribution in [3.63, 3.8) is 0 Å². The highest BCUT2D eigenvalue weighted by molar-refractivity contribution is 6.35. The van der Waals surface area contributed by atoms with Crippen LogP contribution in [-0.2, 0) is 4.79 Å². The van der Waals surface area contributed by atoms with Crippen LogP contribution in [0.25, 0.3) is 11.1 Å². The lowest BCUT2D eigenvalue weighted by Gasteiger charge is -2.37. The van der Waals surface area contributed by atoms with E-state index in [2.05, 4.69) is 11.9 Å². The van der Waals surface area contributed by atoms with Gasteiger partial charge in [0.25, 0.3) is 0 Å². The normalized spacial score (nSPS) is 17.6. The number of carbonyl (C=O) groups excluding carboxylic acids is 1. The van der Waals surface area contributed by atoms with E-state index in [0.717, 1.165) is 0 Å². The maximum absolute atomic E-state index is 14.7. The van der Waals surface area contributed by atoms with Crippen molar-refractivity contribution in [3.8, 4) is 22.6 Å². The molecule has 8 nitrogen and oxygen atoms in total. The lowest BCUT2D eigenvalue weighted by molar-refractivity contribution is -0.127. The Bertz CT molecular complexity index is 1100. The number of phenolic OH excluding ortho intramolecular Hbond substituents is 1. The SMILES string of the molecule is C=CC(=O)N1CCN(C(=N)c2cc(Cl)c(-c3c(O)cccc3F)c3c2N[C@@H](CO)CO3)CC1. The Hall–Kier alpha value is -3.30. The predicted molar refractivity (Wildman–Crippen MR) is 124 cm³/mol. The number of aromatic hydroxyl groups is 1. The Kier molecular flexibility index (Phi) is 6.44. The zero-order valence-corrected chi connectivity index (χ0v) is 18.5. The Morgan fingerprint density at radius 1 is 1.30 bits per heavy atom. The second-order valence-electron chi connectivity index (χ2n) is 7.82. The van der Waals surface area contributed by atoms with Crippen molar-refractivity contribution in [1.82, 2.24) is 9.80 Å². The molecule has 0 aromatic heterocycles. The number of ether oxygens (including phenoxy) is 1. The van der Waals surface area contributed by atoms with Gasteiger partial charge in [-0.2, -0.15) is 0 Å². The largest absolute Gasteiger partial charge is 0.507 e. The number of benzene rings is 2. The molecular formula is C23H24ClFN4O4. The summed E-state index contributed by atoms with van der Waals surface area (Å²) in [6.45, 7) is 5.14. The zero-order valence-electron chi connectivity index (χ0n) is 17.8. The molecule has 1 atom stereocenters. The zero-order chi connectivity index (χ0) is 23.7. The van der Waals surface area contributed by atoms with Crippen LogP contribution in [-0.4, -0.2) is 77.2 Å². The molecule has 0 radical (unpaired) electrons. The minimum absolute atomic E-state index is 0.0984. The van der Waals surface area contributed by atoms with Crippen molar-refractivity contribution in [2.24, 2.45) is 0 Å². The minimum atomic E-state index is -0.669. The van der Waals surface area contributed by atoms with Gasteiger partial charge in [-0.3, -0.25) is 10.2 Å². The highest BCUT2D eigenvalue weighted by Gasteiger charge is 2.32. The number of phenols is 1. The predicted octanol–water partition coefficient (Wildman–Crippen LogP) is 2.67. The van der Waals surface area contributed by atoms with Gasteiger partial charge in [0, 0.05) is 31.7 Å². The van der Waals surface area contributed by atoms with Gasteiger partial charge in [0.1, 0.15) is 24.0 Å². The summed E-state index contributed by atoms with van der Waals surface area (Å²) in [7, 11) is 0. The molecule has 0 spiro atoms. The van der Waals surface area contributed by atoms with E-state index in [9.17, 15) is 19.4 Å². The van der Waals surface area contributed by atoms with Gasteiger partial charge < -0.3 is 30.1 Å². The molecule has 1 saturated heterocycles. The molecule has 0 aliphatic carbocycles. The van der Waals surface area contributed by atoms with Crippen LogP contribution >= 0.6 is 11.6 Å². The molecule has 1 amide bonds. The molecule has 174 valence electrons. The summed E-state index contributed by atoms with van der Waals surface area (Å²) in [5.74, 6) is -0.766. The number of hydrogen-bond acceptors (Lipinski definition) is 6. The van der Waals surface area contributed by atoms with Crippen LogP contribution in [0.3, 0.4) is 0 Å². The molecule has 2 aromatic carbocycles. The third kappa shape index (κ3) is 4.21. The molecule has 1 fully saturated rings. The van der Waals surface area contributed by atoms with Gasteiger partial charge >= 0.3 is 0 Å².